The molecule has 0 spiro atoms. The van der Waals surface area contributed by atoms with Gasteiger partial charge in [-0.3, -0.25) is 4.79 Å². The van der Waals surface area contributed by atoms with Crippen LogP contribution in [0.2, 0.25) is 0 Å². The third-order valence-corrected chi connectivity index (χ3v) is 3.85. The number of hydrogen-bond acceptors (Lipinski definition) is 3. The van der Waals surface area contributed by atoms with Crippen LogP contribution >= 0.6 is 0 Å². The van der Waals surface area contributed by atoms with Gasteiger partial charge < -0.3 is 9.73 Å². The zero-order valence-electron chi connectivity index (χ0n) is 12.5. The van der Waals surface area contributed by atoms with E-state index in [9.17, 15) is 4.79 Å². The molecular formula is C17H20N2O2. The summed E-state index contributed by atoms with van der Waals surface area (Å²) in [4.78, 5) is 15.9. The van der Waals surface area contributed by atoms with Crippen molar-refractivity contribution in [2.75, 3.05) is 0 Å². The summed E-state index contributed by atoms with van der Waals surface area (Å²) in [6.45, 7) is 4.17. The predicted octanol–water partition coefficient (Wildman–Crippen LogP) is 3.17. The fourth-order valence-corrected chi connectivity index (χ4v) is 2.20. The maximum absolute atomic E-state index is 11.6. The Morgan fingerprint density at radius 3 is 2.86 bits per heavy atom. The van der Waals surface area contributed by atoms with E-state index in [4.69, 9.17) is 4.42 Å². The lowest BCUT2D eigenvalue weighted by Gasteiger charge is -2.02. The third kappa shape index (κ3) is 3.51. The molecule has 1 fully saturated rings. The predicted molar refractivity (Wildman–Crippen MR) is 80.9 cm³/mol. The summed E-state index contributed by atoms with van der Waals surface area (Å²) in [5, 5.41) is 2.97. The molecule has 0 saturated heterocycles. The molecule has 0 unspecified atom stereocenters. The first-order valence-electron chi connectivity index (χ1n) is 7.43. The van der Waals surface area contributed by atoms with Crippen LogP contribution in [-0.2, 0) is 11.2 Å². The third-order valence-electron chi connectivity index (χ3n) is 3.85. The standard InChI is InChI=1S/C17H20N2O2/c1-11-3-4-13(9-12(11)2)15-10-18-17(21-15)8-7-16(20)19-14-5-6-14/h3-4,9-10,14H,5-8H2,1-2H3,(H,19,20). The molecule has 1 aromatic carbocycles. The summed E-state index contributed by atoms with van der Waals surface area (Å²) in [7, 11) is 0. The second-order valence-electron chi connectivity index (χ2n) is 5.76. The van der Waals surface area contributed by atoms with Crippen LogP contribution < -0.4 is 5.32 Å². The smallest absolute Gasteiger partial charge is 0.220 e. The number of carbonyl (C=O) groups is 1. The summed E-state index contributed by atoms with van der Waals surface area (Å²) in [5.74, 6) is 1.47. The minimum atomic E-state index is 0.0865. The van der Waals surface area contributed by atoms with Crippen molar-refractivity contribution in [2.24, 2.45) is 0 Å². The first-order chi connectivity index (χ1) is 10.1. The number of benzene rings is 1. The molecule has 1 aliphatic carbocycles. The Hall–Kier alpha value is -2.10. The molecule has 4 nitrogen and oxygen atoms in total. The van der Waals surface area contributed by atoms with Crippen molar-refractivity contribution in [1.82, 2.24) is 10.3 Å². The van der Waals surface area contributed by atoms with Gasteiger partial charge >= 0.3 is 0 Å². The van der Waals surface area contributed by atoms with Gasteiger partial charge in [0.05, 0.1) is 6.20 Å². The van der Waals surface area contributed by atoms with Crippen LogP contribution in [0, 0.1) is 13.8 Å². The second kappa shape index (κ2) is 5.72. The highest BCUT2D eigenvalue weighted by Gasteiger charge is 2.23. The van der Waals surface area contributed by atoms with Crippen molar-refractivity contribution < 1.29 is 9.21 Å². The molecule has 1 aromatic heterocycles. The number of carbonyl (C=O) groups excluding carboxylic acids is 1. The molecule has 21 heavy (non-hydrogen) atoms. The van der Waals surface area contributed by atoms with E-state index >= 15 is 0 Å². The lowest BCUT2D eigenvalue weighted by atomic mass is 10.1. The maximum atomic E-state index is 11.6. The van der Waals surface area contributed by atoms with E-state index < -0.39 is 0 Å². The van der Waals surface area contributed by atoms with Gasteiger partial charge in [0.15, 0.2) is 11.7 Å². The van der Waals surface area contributed by atoms with Crippen molar-refractivity contribution in [3.63, 3.8) is 0 Å². The Kier molecular flexibility index (Phi) is 3.78. The zero-order valence-corrected chi connectivity index (χ0v) is 12.5. The van der Waals surface area contributed by atoms with Gasteiger partial charge in [-0.2, -0.15) is 0 Å². The van der Waals surface area contributed by atoms with Gasteiger partial charge in [0.1, 0.15) is 0 Å². The molecular weight excluding hydrogens is 264 g/mol. The quantitative estimate of drug-likeness (QED) is 0.917. The number of hydrogen-bond donors (Lipinski definition) is 1. The Labute approximate surface area is 124 Å². The molecule has 1 aliphatic rings. The first kappa shape index (κ1) is 13.9. The molecule has 2 aromatic rings. The highest BCUT2D eigenvalue weighted by Crippen LogP contribution is 2.23. The van der Waals surface area contributed by atoms with Gasteiger partial charge in [-0.15, -0.1) is 0 Å². The number of nitrogens with one attached hydrogen (secondary N) is 1. The van der Waals surface area contributed by atoms with Crippen LogP contribution in [0.3, 0.4) is 0 Å². The molecule has 0 bridgehead atoms. The van der Waals surface area contributed by atoms with Crippen molar-refractivity contribution in [3.05, 3.63) is 41.4 Å². The number of aromatic nitrogens is 1. The van der Waals surface area contributed by atoms with Crippen LogP contribution in [0.1, 0.15) is 36.3 Å². The van der Waals surface area contributed by atoms with E-state index in [2.05, 4.69) is 36.3 Å². The van der Waals surface area contributed by atoms with E-state index in [0.29, 0.717) is 24.8 Å². The Morgan fingerprint density at radius 2 is 2.14 bits per heavy atom. The van der Waals surface area contributed by atoms with Gasteiger partial charge in [-0.1, -0.05) is 12.1 Å². The number of amides is 1. The fourth-order valence-electron chi connectivity index (χ4n) is 2.20. The average molecular weight is 284 g/mol. The summed E-state index contributed by atoms with van der Waals surface area (Å²) in [6.07, 6.45) is 4.94. The van der Waals surface area contributed by atoms with Crippen LogP contribution in [0.5, 0.6) is 0 Å². The molecule has 4 heteroatoms. The maximum Gasteiger partial charge on any atom is 0.220 e. The lowest BCUT2D eigenvalue weighted by Crippen LogP contribution is -2.25. The molecule has 1 amide bonds. The topological polar surface area (TPSA) is 55.1 Å². The first-order valence-corrected chi connectivity index (χ1v) is 7.43. The monoisotopic (exact) mass is 284 g/mol. The van der Waals surface area contributed by atoms with Crippen LogP contribution in [0.15, 0.2) is 28.8 Å². The summed E-state index contributed by atoms with van der Waals surface area (Å²) < 4.78 is 5.74. The van der Waals surface area contributed by atoms with Gasteiger partial charge in [0.25, 0.3) is 0 Å². The molecule has 3 rings (SSSR count). The van der Waals surface area contributed by atoms with Crippen molar-refractivity contribution in [1.29, 1.82) is 0 Å². The minimum Gasteiger partial charge on any atom is -0.441 e. The van der Waals surface area contributed by atoms with E-state index in [0.717, 1.165) is 24.2 Å². The van der Waals surface area contributed by atoms with Gasteiger partial charge in [-0.25, -0.2) is 4.98 Å². The normalized spacial score (nSPS) is 14.2. The SMILES string of the molecule is Cc1ccc(-c2cnc(CCC(=O)NC3CC3)o2)cc1C. The summed E-state index contributed by atoms with van der Waals surface area (Å²) in [6, 6.07) is 6.62. The highest BCUT2D eigenvalue weighted by atomic mass is 16.4. The van der Waals surface area contributed by atoms with E-state index in [1.165, 1.54) is 11.1 Å². The van der Waals surface area contributed by atoms with E-state index in [1.54, 1.807) is 6.20 Å². The van der Waals surface area contributed by atoms with Gasteiger partial charge in [-0.05, 0) is 43.9 Å². The highest BCUT2D eigenvalue weighted by molar-refractivity contribution is 5.76. The molecule has 0 aliphatic heterocycles. The molecule has 0 atom stereocenters. The average Bonchev–Trinajstić information content (AvgIpc) is 3.14. The Bertz CT molecular complexity index is 657. The summed E-state index contributed by atoms with van der Waals surface area (Å²) in [5.41, 5.74) is 3.52. The second-order valence-corrected chi connectivity index (χ2v) is 5.76. The Balaban J connectivity index is 1.62. The molecule has 0 radical (unpaired) electrons. The van der Waals surface area contributed by atoms with Crippen LogP contribution in [-0.4, -0.2) is 16.9 Å². The number of rotatable bonds is 5. The van der Waals surface area contributed by atoms with Gasteiger partial charge in [0, 0.05) is 24.4 Å². The van der Waals surface area contributed by atoms with Crippen molar-refractivity contribution in [3.8, 4) is 11.3 Å². The van der Waals surface area contributed by atoms with Gasteiger partial charge in [0.2, 0.25) is 5.91 Å². The molecule has 110 valence electrons. The van der Waals surface area contributed by atoms with Crippen LogP contribution in [0.4, 0.5) is 0 Å². The van der Waals surface area contributed by atoms with Crippen molar-refractivity contribution >= 4 is 5.91 Å². The zero-order chi connectivity index (χ0) is 14.8. The van der Waals surface area contributed by atoms with Crippen LogP contribution in [0.25, 0.3) is 11.3 Å². The van der Waals surface area contributed by atoms with E-state index in [1.807, 2.05) is 6.07 Å². The summed E-state index contributed by atoms with van der Waals surface area (Å²) >= 11 is 0. The Morgan fingerprint density at radius 1 is 1.33 bits per heavy atom. The van der Waals surface area contributed by atoms with E-state index in [-0.39, 0.29) is 5.91 Å². The number of oxazole rings is 1. The molecule has 1 N–H and O–H groups in total. The molecule has 1 saturated carbocycles. The number of nitrogens with zero attached hydrogens (tertiary/aromatic N) is 1. The fraction of sp³-hybridized carbons (Fsp3) is 0.412. The largest absolute Gasteiger partial charge is 0.441 e. The minimum absolute atomic E-state index is 0.0865. The van der Waals surface area contributed by atoms with Crippen molar-refractivity contribution in [2.45, 2.75) is 45.6 Å². The number of aryl methyl sites for hydroxylation is 3. The molecule has 1 heterocycles. The lowest BCUT2D eigenvalue weighted by molar-refractivity contribution is -0.121.